The van der Waals surface area contributed by atoms with Crippen molar-refractivity contribution in [1.29, 1.82) is 0 Å². The average Bonchev–Trinajstić information content (AvgIpc) is 2.36. The van der Waals surface area contributed by atoms with Gasteiger partial charge in [0.05, 0.1) is 13.2 Å². The van der Waals surface area contributed by atoms with E-state index in [1.54, 1.807) is 7.11 Å². The van der Waals surface area contributed by atoms with Gasteiger partial charge in [-0.05, 0) is 32.0 Å². The number of hydrogen-bond acceptors (Lipinski definition) is 3. The van der Waals surface area contributed by atoms with Gasteiger partial charge in [0.15, 0.2) is 0 Å². The fourth-order valence-electron chi connectivity index (χ4n) is 1.57. The third kappa shape index (κ3) is 4.31. The Morgan fingerprint density at radius 2 is 2.22 bits per heavy atom. The zero-order chi connectivity index (χ0) is 13.5. The van der Waals surface area contributed by atoms with E-state index in [4.69, 9.17) is 4.74 Å². The van der Waals surface area contributed by atoms with E-state index in [1.165, 1.54) is 0 Å². The van der Waals surface area contributed by atoms with Crippen LogP contribution in [0, 0.1) is 0 Å². The molecule has 0 spiro atoms. The lowest BCUT2D eigenvalue weighted by molar-refractivity contribution is -0.122. The van der Waals surface area contributed by atoms with Crippen LogP contribution >= 0.6 is 15.9 Å². The first-order valence-electron chi connectivity index (χ1n) is 5.92. The van der Waals surface area contributed by atoms with Gasteiger partial charge < -0.3 is 15.4 Å². The molecule has 1 aromatic rings. The minimum absolute atomic E-state index is 0.00598. The average molecular weight is 315 g/mol. The van der Waals surface area contributed by atoms with Gasteiger partial charge in [-0.1, -0.05) is 15.9 Å². The molecule has 1 atom stereocenters. The van der Waals surface area contributed by atoms with E-state index in [2.05, 4.69) is 26.6 Å². The van der Waals surface area contributed by atoms with Gasteiger partial charge in [-0.25, -0.2) is 0 Å². The number of amides is 1. The summed E-state index contributed by atoms with van der Waals surface area (Å²) in [5.41, 5.74) is 1.02. The van der Waals surface area contributed by atoms with E-state index in [9.17, 15) is 4.79 Å². The molecule has 0 heterocycles. The zero-order valence-electron chi connectivity index (χ0n) is 10.9. The van der Waals surface area contributed by atoms with Crippen LogP contribution in [-0.2, 0) is 11.3 Å². The summed E-state index contributed by atoms with van der Waals surface area (Å²) in [6.45, 7) is 4.98. The van der Waals surface area contributed by atoms with E-state index in [-0.39, 0.29) is 11.9 Å². The third-order valence-electron chi connectivity index (χ3n) is 2.59. The Bertz CT molecular complexity index is 410. The number of carbonyl (C=O) groups is 1. The van der Waals surface area contributed by atoms with E-state index in [0.717, 1.165) is 15.8 Å². The normalized spacial score (nSPS) is 12.0. The molecule has 0 aliphatic heterocycles. The molecule has 0 saturated carbocycles. The maximum absolute atomic E-state index is 11.6. The molecule has 1 rings (SSSR count). The number of ether oxygens (including phenoxy) is 1. The van der Waals surface area contributed by atoms with Crippen molar-refractivity contribution in [2.75, 3.05) is 13.7 Å². The molecular formula is C13H19BrN2O2. The molecule has 0 aromatic heterocycles. The molecule has 0 radical (unpaired) electrons. The van der Waals surface area contributed by atoms with Crippen LogP contribution < -0.4 is 15.4 Å². The quantitative estimate of drug-likeness (QED) is 0.845. The highest BCUT2D eigenvalue weighted by Gasteiger charge is 2.12. The minimum Gasteiger partial charge on any atom is -0.496 e. The first-order valence-corrected chi connectivity index (χ1v) is 6.71. The van der Waals surface area contributed by atoms with Crippen molar-refractivity contribution in [1.82, 2.24) is 10.6 Å². The highest BCUT2D eigenvalue weighted by Crippen LogP contribution is 2.22. The maximum atomic E-state index is 11.6. The summed E-state index contributed by atoms with van der Waals surface area (Å²) in [6, 6.07) is 5.58. The smallest absolute Gasteiger partial charge is 0.236 e. The van der Waals surface area contributed by atoms with Gasteiger partial charge in [0.25, 0.3) is 0 Å². The fourth-order valence-corrected chi connectivity index (χ4v) is 1.98. The lowest BCUT2D eigenvalue weighted by atomic mass is 10.2. The number of nitrogens with one attached hydrogen (secondary N) is 2. The molecule has 2 N–H and O–H groups in total. The number of carbonyl (C=O) groups excluding carboxylic acids is 1. The van der Waals surface area contributed by atoms with Gasteiger partial charge in [-0.15, -0.1) is 0 Å². The predicted octanol–water partition coefficient (Wildman–Crippen LogP) is 2.07. The summed E-state index contributed by atoms with van der Waals surface area (Å²) in [5.74, 6) is 0.820. The summed E-state index contributed by atoms with van der Waals surface area (Å²) in [7, 11) is 1.64. The van der Waals surface area contributed by atoms with Crippen LogP contribution in [0.25, 0.3) is 0 Å². The Balaban J connectivity index is 2.62. The topological polar surface area (TPSA) is 50.4 Å². The molecule has 4 nitrogen and oxygen atoms in total. The first kappa shape index (κ1) is 15.0. The highest BCUT2D eigenvalue weighted by molar-refractivity contribution is 9.10. The summed E-state index contributed by atoms with van der Waals surface area (Å²) in [6.07, 6.45) is 0. The lowest BCUT2D eigenvalue weighted by Gasteiger charge is -2.15. The van der Waals surface area contributed by atoms with Crippen molar-refractivity contribution in [3.05, 3.63) is 28.2 Å². The van der Waals surface area contributed by atoms with E-state index in [1.807, 2.05) is 32.0 Å². The lowest BCUT2D eigenvalue weighted by Crippen LogP contribution is -2.41. The van der Waals surface area contributed by atoms with Crippen molar-refractivity contribution in [3.8, 4) is 5.75 Å². The molecule has 1 unspecified atom stereocenters. The number of methoxy groups -OCH3 is 1. The highest BCUT2D eigenvalue weighted by atomic mass is 79.9. The predicted molar refractivity (Wildman–Crippen MR) is 75.7 cm³/mol. The van der Waals surface area contributed by atoms with E-state index < -0.39 is 0 Å². The van der Waals surface area contributed by atoms with Crippen molar-refractivity contribution >= 4 is 21.8 Å². The molecule has 0 aliphatic carbocycles. The van der Waals surface area contributed by atoms with Crippen LogP contribution in [0.2, 0.25) is 0 Å². The van der Waals surface area contributed by atoms with Gasteiger partial charge in [0, 0.05) is 23.1 Å². The molecule has 1 amide bonds. The summed E-state index contributed by atoms with van der Waals surface area (Å²) < 4.78 is 6.27. The molecule has 0 aliphatic rings. The van der Waals surface area contributed by atoms with Crippen LogP contribution in [0.4, 0.5) is 0 Å². The Labute approximate surface area is 116 Å². The van der Waals surface area contributed by atoms with Gasteiger partial charge in [-0.2, -0.15) is 0 Å². The minimum atomic E-state index is -0.228. The number of benzene rings is 1. The van der Waals surface area contributed by atoms with Gasteiger partial charge in [-0.3, -0.25) is 4.79 Å². The van der Waals surface area contributed by atoms with Gasteiger partial charge in [0.2, 0.25) is 5.91 Å². The van der Waals surface area contributed by atoms with Crippen molar-refractivity contribution in [2.24, 2.45) is 0 Å². The monoisotopic (exact) mass is 314 g/mol. The van der Waals surface area contributed by atoms with E-state index in [0.29, 0.717) is 13.1 Å². The SMILES string of the molecule is CCNC(=O)C(C)NCc1cc(Br)ccc1OC. The molecule has 0 saturated heterocycles. The second kappa shape index (κ2) is 7.38. The number of halogens is 1. The standard InChI is InChI=1S/C13H19BrN2O2/c1-4-15-13(17)9(2)16-8-10-7-11(14)5-6-12(10)18-3/h5-7,9,16H,4,8H2,1-3H3,(H,15,17). The Morgan fingerprint density at radius 1 is 1.50 bits per heavy atom. The molecule has 1 aromatic carbocycles. The molecule has 0 bridgehead atoms. The first-order chi connectivity index (χ1) is 8.58. The van der Waals surface area contributed by atoms with Gasteiger partial charge in [0.1, 0.15) is 5.75 Å². The molecule has 5 heteroatoms. The van der Waals surface area contributed by atoms with Crippen molar-refractivity contribution < 1.29 is 9.53 Å². The van der Waals surface area contributed by atoms with Crippen LogP contribution in [0.15, 0.2) is 22.7 Å². The number of hydrogen-bond donors (Lipinski definition) is 2. The zero-order valence-corrected chi connectivity index (χ0v) is 12.5. The van der Waals surface area contributed by atoms with Crippen LogP contribution in [0.3, 0.4) is 0 Å². The Morgan fingerprint density at radius 3 is 2.83 bits per heavy atom. The summed E-state index contributed by atoms with van der Waals surface area (Å²) >= 11 is 3.42. The largest absolute Gasteiger partial charge is 0.496 e. The van der Waals surface area contributed by atoms with Crippen LogP contribution in [0.1, 0.15) is 19.4 Å². The summed E-state index contributed by atoms with van der Waals surface area (Å²) in [5, 5.41) is 5.95. The third-order valence-corrected chi connectivity index (χ3v) is 3.08. The van der Waals surface area contributed by atoms with Crippen molar-refractivity contribution in [3.63, 3.8) is 0 Å². The molecular weight excluding hydrogens is 296 g/mol. The second-order valence-electron chi connectivity index (χ2n) is 3.95. The van der Waals surface area contributed by atoms with E-state index >= 15 is 0 Å². The van der Waals surface area contributed by atoms with Crippen molar-refractivity contribution in [2.45, 2.75) is 26.4 Å². The van der Waals surface area contributed by atoms with Crippen LogP contribution in [-0.4, -0.2) is 25.6 Å². The molecule has 18 heavy (non-hydrogen) atoms. The van der Waals surface area contributed by atoms with Crippen LogP contribution in [0.5, 0.6) is 5.75 Å². The van der Waals surface area contributed by atoms with Gasteiger partial charge >= 0.3 is 0 Å². The fraction of sp³-hybridized carbons (Fsp3) is 0.462. The molecule has 100 valence electrons. The Kier molecular flexibility index (Phi) is 6.15. The Hall–Kier alpha value is -1.07. The number of rotatable bonds is 6. The number of likely N-dealkylation sites (N-methyl/N-ethyl adjacent to an activating group) is 1. The maximum Gasteiger partial charge on any atom is 0.236 e. The second-order valence-corrected chi connectivity index (χ2v) is 4.87. The summed E-state index contributed by atoms with van der Waals surface area (Å²) in [4.78, 5) is 11.6. The molecule has 0 fully saturated rings.